The van der Waals surface area contributed by atoms with Gasteiger partial charge in [-0.25, -0.2) is 0 Å². The van der Waals surface area contributed by atoms with Crippen LogP contribution in [0.2, 0.25) is 0 Å². The van der Waals surface area contributed by atoms with E-state index in [9.17, 15) is 4.79 Å². The van der Waals surface area contributed by atoms with Crippen LogP contribution < -0.4 is 5.32 Å². The summed E-state index contributed by atoms with van der Waals surface area (Å²) in [5.41, 5.74) is 1.53. The minimum Gasteiger partial charge on any atom is -0.348 e. The summed E-state index contributed by atoms with van der Waals surface area (Å²) in [6.45, 7) is 9.79. The van der Waals surface area contributed by atoms with Crippen molar-refractivity contribution in [3.63, 3.8) is 0 Å². The summed E-state index contributed by atoms with van der Waals surface area (Å²) in [5, 5.41) is 7.37. The SMILES string of the molecule is Cc1cc(C(=O)NC2CCN(CCC(C)C)CC2)n(C)n1. The van der Waals surface area contributed by atoms with E-state index in [-0.39, 0.29) is 5.91 Å². The van der Waals surface area contributed by atoms with Crippen molar-refractivity contribution in [3.05, 3.63) is 17.5 Å². The number of hydrogen-bond donors (Lipinski definition) is 1. The third-order valence-electron chi connectivity index (χ3n) is 4.18. The van der Waals surface area contributed by atoms with Gasteiger partial charge in [0.2, 0.25) is 0 Å². The summed E-state index contributed by atoms with van der Waals surface area (Å²) in [7, 11) is 1.82. The summed E-state index contributed by atoms with van der Waals surface area (Å²) in [6, 6.07) is 2.13. The molecule has 1 aliphatic heterocycles. The van der Waals surface area contributed by atoms with E-state index < -0.39 is 0 Å². The molecule has 0 aliphatic carbocycles. The number of nitrogens with zero attached hydrogens (tertiary/aromatic N) is 3. The highest BCUT2D eigenvalue weighted by Gasteiger charge is 2.22. The van der Waals surface area contributed by atoms with Crippen LogP contribution in [0.4, 0.5) is 0 Å². The molecule has 1 N–H and O–H groups in total. The first-order valence-electron chi connectivity index (χ1n) is 7.99. The van der Waals surface area contributed by atoms with Crippen molar-refractivity contribution in [2.24, 2.45) is 13.0 Å². The first kappa shape index (κ1) is 16.0. The molecule has 1 aromatic heterocycles. The normalized spacial score (nSPS) is 17.4. The first-order chi connectivity index (χ1) is 9.95. The molecule has 0 unspecified atom stereocenters. The zero-order chi connectivity index (χ0) is 15.4. The molecule has 5 nitrogen and oxygen atoms in total. The summed E-state index contributed by atoms with van der Waals surface area (Å²) in [6.07, 6.45) is 3.34. The molecule has 2 heterocycles. The van der Waals surface area contributed by atoms with Crippen molar-refractivity contribution >= 4 is 5.91 Å². The molecular weight excluding hydrogens is 264 g/mol. The molecule has 1 aliphatic rings. The molecule has 1 aromatic rings. The predicted molar refractivity (Wildman–Crippen MR) is 84.3 cm³/mol. The number of carbonyl (C=O) groups is 1. The zero-order valence-corrected chi connectivity index (χ0v) is 13.7. The lowest BCUT2D eigenvalue weighted by atomic mass is 10.0. The van der Waals surface area contributed by atoms with E-state index in [1.54, 1.807) is 4.68 Å². The fourth-order valence-electron chi connectivity index (χ4n) is 2.82. The zero-order valence-electron chi connectivity index (χ0n) is 13.7. The number of amides is 1. The smallest absolute Gasteiger partial charge is 0.269 e. The van der Waals surface area contributed by atoms with E-state index in [1.807, 2.05) is 20.0 Å². The first-order valence-corrected chi connectivity index (χ1v) is 7.99. The third-order valence-corrected chi connectivity index (χ3v) is 4.18. The third kappa shape index (κ3) is 4.56. The molecule has 5 heteroatoms. The Morgan fingerprint density at radius 3 is 2.62 bits per heavy atom. The summed E-state index contributed by atoms with van der Waals surface area (Å²) >= 11 is 0. The molecule has 118 valence electrons. The second-order valence-electron chi connectivity index (χ2n) is 6.57. The van der Waals surface area contributed by atoms with E-state index in [2.05, 4.69) is 29.2 Å². The number of carbonyl (C=O) groups excluding carboxylic acids is 1. The average molecular weight is 292 g/mol. The van der Waals surface area contributed by atoms with Gasteiger partial charge >= 0.3 is 0 Å². The van der Waals surface area contributed by atoms with Gasteiger partial charge in [-0.3, -0.25) is 9.48 Å². The lowest BCUT2D eigenvalue weighted by molar-refractivity contribution is 0.0900. The Balaban J connectivity index is 1.78. The number of aromatic nitrogens is 2. The maximum Gasteiger partial charge on any atom is 0.269 e. The van der Waals surface area contributed by atoms with Gasteiger partial charge in [0.15, 0.2) is 0 Å². The lowest BCUT2D eigenvalue weighted by Gasteiger charge is -2.32. The molecule has 1 amide bonds. The highest BCUT2D eigenvalue weighted by Crippen LogP contribution is 2.13. The number of rotatable bonds is 5. The van der Waals surface area contributed by atoms with Crippen LogP contribution in [0.3, 0.4) is 0 Å². The van der Waals surface area contributed by atoms with Crippen molar-refractivity contribution in [1.82, 2.24) is 20.0 Å². The Bertz CT molecular complexity index is 473. The second kappa shape index (κ2) is 7.07. The van der Waals surface area contributed by atoms with E-state index >= 15 is 0 Å². The lowest BCUT2D eigenvalue weighted by Crippen LogP contribution is -2.45. The van der Waals surface area contributed by atoms with Gasteiger partial charge in [-0.15, -0.1) is 0 Å². The van der Waals surface area contributed by atoms with Crippen LogP contribution in [0.15, 0.2) is 6.07 Å². The van der Waals surface area contributed by atoms with Crippen molar-refractivity contribution in [2.45, 2.75) is 46.1 Å². The van der Waals surface area contributed by atoms with Crippen LogP contribution in [0.5, 0.6) is 0 Å². The number of piperidine rings is 1. The van der Waals surface area contributed by atoms with Gasteiger partial charge in [0.05, 0.1) is 5.69 Å². The van der Waals surface area contributed by atoms with Gasteiger partial charge in [-0.2, -0.15) is 5.10 Å². The minimum absolute atomic E-state index is 0.00118. The Hall–Kier alpha value is -1.36. The fourth-order valence-corrected chi connectivity index (χ4v) is 2.82. The summed E-state index contributed by atoms with van der Waals surface area (Å²) < 4.78 is 1.66. The van der Waals surface area contributed by atoms with Gasteiger partial charge in [-0.1, -0.05) is 13.8 Å². The number of hydrogen-bond acceptors (Lipinski definition) is 3. The molecule has 1 fully saturated rings. The van der Waals surface area contributed by atoms with Crippen molar-refractivity contribution < 1.29 is 4.79 Å². The largest absolute Gasteiger partial charge is 0.348 e. The molecule has 0 atom stereocenters. The number of likely N-dealkylation sites (tertiary alicyclic amines) is 1. The summed E-state index contributed by atoms with van der Waals surface area (Å²) in [5.74, 6) is 0.759. The minimum atomic E-state index is -0.00118. The Morgan fingerprint density at radius 1 is 1.43 bits per heavy atom. The molecular formula is C16H28N4O. The van der Waals surface area contributed by atoms with E-state index in [0.29, 0.717) is 11.7 Å². The highest BCUT2D eigenvalue weighted by atomic mass is 16.2. The maximum absolute atomic E-state index is 12.3. The Morgan fingerprint density at radius 2 is 2.10 bits per heavy atom. The van der Waals surface area contributed by atoms with Crippen LogP contribution >= 0.6 is 0 Å². The van der Waals surface area contributed by atoms with E-state index in [0.717, 1.165) is 37.5 Å². The maximum atomic E-state index is 12.3. The standard InChI is InChI=1S/C16H28N4O/c1-12(2)5-8-20-9-6-14(7-10-20)17-16(21)15-11-13(3)18-19(15)4/h11-12,14H,5-10H2,1-4H3,(H,17,21). The van der Waals surface area contributed by atoms with Gasteiger partial charge < -0.3 is 10.2 Å². The molecule has 2 rings (SSSR count). The van der Waals surface area contributed by atoms with Crippen LogP contribution in [0, 0.1) is 12.8 Å². The number of nitrogens with one attached hydrogen (secondary N) is 1. The summed E-state index contributed by atoms with van der Waals surface area (Å²) in [4.78, 5) is 14.8. The molecule has 0 saturated carbocycles. The average Bonchev–Trinajstić information content (AvgIpc) is 2.77. The quantitative estimate of drug-likeness (QED) is 0.902. The van der Waals surface area contributed by atoms with E-state index in [4.69, 9.17) is 0 Å². The monoisotopic (exact) mass is 292 g/mol. The molecule has 0 spiro atoms. The van der Waals surface area contributed by atoms with Gasteiger partial charge in [-0.05, 0) is 44.7 Å². The topological polar surface area (TPSA) is 50.2 Å². The van der Waals surface area contributed by atoms with Crippen LogP contribution in [-0.2, 0) is 7.05 Å². The van der Waals surface area contributed by atoms with Gasteiger partial charge in [0.25, 0.3) is 5.91 Å². The Labute approximate surface area is 127 Å². The van der Waals surface area contributed by atoms with Crippen molar-refractivity contribution in [3.8, 4) is 0 Å². The van der Waals surface area contributed by atoms with E-state index in [1.165, 1.54) is 13.0 Å². The predicted octanol–water partition coefficient (Wildman–Crippen LogP) is 1.97. The van der Waals surface area contributed by atoms with Gasteiger partial charge in [0.1, 0.15) is 5.69 Å². The molecule has 0 radical (unpaired) electrons. The molecule has 0 bridgehead atoms. The van der Waals surface area contributed by atoms with Crippen LogP contribution in [0.25, 0.3) is 0 Å². The van der Waals surface area contributed by atoms with Crippen molar-refractivity contribution in [2.75, 3.05) is 19.6 Å². The number of aryl methyl sites for hydroxylation is 2. The van der Waals surface area contributed by atoms with Gasteiger partial charge in [0, 0.05) is 26.2 Å². The molecule has 1 saturated heterocycles. The van der Waals surface area contributed by atoms with Crippen molar-refractivity contribution in [1.29, 1.82) is 0 Å². The molecule has 21 heavy (non-hydrogen) atoms. The van der Waals surface area contributed by atoms with Crippen LogP contribution in [0.1, 0.15) is 49.3 Å². The fraction of sp³-hybridized carbons (Fsp3) is 0.750. The second-order valence-corrected chi connectivity index (χ2v) is 6.57. The highest BCUT2D eigenvalue weighted by molar-refractivity contribution is 5.92. The molecule has 0 aromatic carbocycles. The Kier molecular flexibility index (Phi) is 5.39. The van der Waals surface area contributed by atoms with Crippen LogP contribution in [-0.4, -0.2) is 46.3 Å².